The van der Waals surface area contributed by atoms with Gasteiger partial charge in [-0.15, -0.1) is 0 Å². The smallest absolute Gasteiger partial charge is 0.261 e. The van der Waals surface area contributed by atoms with Crippen molar-refractivity contribution in [2.24, 2.45) is 5.92 Å². The highest BCUT2D eigenvalue weighted by atomic mass is 16.5. The average molecular weight is 447 g/mol. The molecule has 4 aromatic heterocycles. The molecule has 10 heteroatoms. The molecule has 4 aromatic rings. The Bertz CT molecular complexity index is 1330. The Morgan fingerprint density at radius 3 is 2.97 bits per heavy atom. The van der Waals surface area contributed by atoms with Crippen LogP contribution in [-0.4, -0.2) is 54.6 Å². The minimum atomic E-state index is -0.312. The summed E-state index contributed by atoms with van der Waals surface area (Å²) in [6.07, 6.45) is 11.3. The van der Waals surface area contributed by atoms with Gasteiger partial charge < -0.3 is 14.8 Å². The molecule has 5 heterocycles. The predicted octanol–water partition coefficient (Wildman–Crippen LogP) is 3.00. The van der Waals surface area contributed by atoms with Gasteiger partial charge in [0.15, 0.2) is 11.3 Å². The Labute approximate surface area is 189 Å². The van der Waals surface area contributed by atoms with Crippen LogP contribution in [0.5, 0.6) is 5.88 Å². The number of amides is 1. The molecule has 2 aliphatic rings. The summed E-state index contributed by atoms with van der Waals surface area (Å²) in [6, 6.07) is 1.81. The van der Waals surface area contributed by atoms with Gasteiger partial charge in [-0.25, -0.2) is 9.50 Å². The number of carbonyl (C=O) groups is 1. The Kier molecular flexibility index (Phi) is 4.94. The number of nitrogens with one attached hydrogen (secondary N) is 1. The van der Waals surface area contributed by atoms with E-state index in [1.54, 1.807) is 16.9 Å². The molecule has 0 spiro atoms. The number of nitrogens with zero attached hydrogens (tertiary/aromatic N) is 6. The monoisotopic (exact) mass is 447 g/mol. The first-order valence-corrected chi connectivity index (χ1v) is 11.4. The van der Waals surface area contributed by atoms with Crippen molar-refractivity contribution in [3.05, 3.63) is 42.0 Å². The van der Waals surface area contributed by atoms with Crippen LogP contribution in [-0.2, 0) is 11.3 Å². The molecule has 1 unspecified atom stereocenters. The lowest BCUT2D eigenvalue weighted by Gasteiger charge is -2.26. The molecule has 0 radical (unpaired) electrons. The van der Waals surface area contributed by atoms with E-state index in [2.05, 4.69) is 25.5 Å². The maximum Gasteiger partial charge on any atom is 0.261 e. The number of hydrogen-bond donors (Lipinski definition) is 1. The van der Waals surface area contributed by atoms with Crippen molar-refractivity contribution in [3.63, 3.8) is 0 Å². The number of aromatic nitrogens is 6. The fourth-order valence-corrected chi connectivity index (χ4v) is 4.22. The maximum atomic E-state index is 13.3. The van der Waals surface area contributed by atoms with Gasteiger partial charge in [0.25, 0.3) is 5.91 Å². The molecule has 33 heavy (non-hydrogen) atoms. The van der Waals surface area contributed by atoms with E-state index in [4.69, 9.17) is 9.47 Å². The highest BCUT2D eigenvalue weighted by Crippen LogP contribution is 2.29. The zero-order chi connectivity index (χ0) is 22.4. The van der Waals surface area contributed by atoms with Crippen molar-refractivity contribution in [2.45, 2.75) is 45.3 Å². The highest BCUT2D eigenvalue weighted by Gasteiger charge is 2.25. The van der Waals surface area contributed by atoms with E-state index in [-0.39, 0.29) is 12.0 Å². The summed E-state index contributed by atoms with van der Waals surface area (Å²) in [6.45, 7) is 4.26. The maximum absolute atomic E-state index is 13.3. The lowest BCUT2D eigenvalue weighted by Crippen LogP contribution is -2.26. The number of rotatable bonds is 6. The Morgan fingerprint density at radius 1 is 1.27 bits per heavy atom. The van der Waals surface area contributed by atoms with Gasteiger partial charge in [-0.1, -0.05) is 0 Å². The van der Waals surface area contributed by atoms with Gasteiger partial charge in [0.1, 0.15) is 17.4 Å². The van der Waals surface area contributed by atoms with Crippen LogP contribution in [0.3, 0.4) is 0 Å². The summed E-state index contributed by atoms with van der Waals surface area (Å²) in [5, 5.41) is 12.7. The van der Waals surface area contributed by atoms with Crippen molar-refractivity contribution < 1.29 is 14.3 Å². The van der Waals surface area contributed by atoms with Gasteiger partial charge in [-0.2, -0.15) is 15.2 Å². The minimum Gasteiger partial charge on any atom is -0.474 e. The van der Waals surface area contributed by atoms with Crippen LogP contribution in [0, 0.1) is 12.8 Å². The number of hydrogen-bond acceptors (Lipinski definition) is 7. The van der Waals surface area contributed by atoms with Crippen LogP contribution in [0.1, 0.15) is 41.6 Å². The first-order valence-electron chi connectivity index (χ1n) is 11.4. The van der Waals surface area contributed by atoms with E-state index in [1.165, 1.54) is 0 Å². The van der Waals surface area contributed by atoms with Gasteiger partial charge in [-0.05, 0) is 44.2 Å². The third-order valence-corrected chi connectivity index (χ3v) is 6.29. The summed E-state index contributed by atoms with van der Waals surface area (Å²) in [5.41, 5.74) is 3.05. The Morgan fingerprint density at radius 2 is 2.18 bits per heavy atom. The molecule has 0 bridgehead atoms. The largest absolute Gasteiger partial charge is 0.474 e. The van der Waals surface area contributed by atoms with Gasteiger partial charge in [0, 0.05) is 43.0 Å². The molecule has 170 valence electrons. The van der Waals surface area contributed by atoms with Gasteiger partial charge in [0.05, 0.1) is 12.8 Å². The lowest BCUT2D eigenvalue weighted by atomic mass is 9.96. The molecular weight excluding hydrogens is 422 g/mol. The molecule has 1 aliphatic carbocycles. The van der Waals surface area contributed by atoms with E-state index >= 15 is 0 Å². The predicted molar refractivity (Wildman–Crippen MR) is 120 cm³/mol. The third kappa shape index (κ3) is 3.91. The molecule has 0 aromatic carbocycles. The Balaban J connectivity index is 1.33. The summed E-state index contributed by atoms with van der Waals surface area (Å²) in [4.78, 5) is 22.4. The lowest BCUT2D eigenvalue weighted by molar-refractivity contribution is 0.0981. The Hall–Kier alpha value is -3.53. The van der Waals surface area contributed by atoms with Crippen LogP contribution < -0.4 is 10.1 Å². The second kappa shape index (κ2) is 8.11. The van der Waals surface area contributed by atoms with Crippen LogP contribution in [0.2, 0.25) is 0 Å². The van der Waals surface area contributed by atoms with Crippen molar-refractivity contribution in [3.8, 4) is 5.88 Å². The number of ether oxygens (including phenoxy) is 2. The van der Waals surface area contributed by atoms with Crippen LogP contribution in [0.15, 0.2) is 30.9 Å². The van der Waals surface area contributed by atoms with Gasteiger partial charge in [0.2, 0.25) is 5.88 Å². The molecule has 10 nitrogen and oxygen atoms in total. The molecule has 6 rings (SSSR count). The number of fused-ring (bicyclic) bond motifs is 2. The highest BCUT2D eigenvalue weighted by molar-refractivity contribution is 6.08. The van der Waals surface area contributed by atoms with Crippen LogP contribution in [0.25, 0.3) is 16.7 Å². The number of carbonyl (C=O) groups excluding carboxylic acids is 1. The second-order valence-corrected chi connectivity index (χ2v) is 8.92. The fourth-order valence-electron chi connectivity index (χ4n) is 4.22. The average Bonchev–Trinajstić information content (AvgIpc) is 3.50. The van der Waals surface area contributed by atoms with E-state index in [0.717, 1.165) is 56.4 Å². The SMILES string of the molecule is Cc1cnc2c(NC(=O)c3cc4cn(CC5CCOC5)nc4nc3OC3CCC3)cnn2c1. The number of anilines is 1. The zero-order valence-corrected chi connectivity index (χ0v) is 18.4. The van der Waals surface area contributed by atoms with Gasteiger partial charge in [-0.3, -0.25) is 9.48 Å². The molecule has 1 N–H and O–H groups in total. The van der Waals surface area contributed by atoms with E-state index in [1.807, 2.05) is 30.1 Å². The van der Waals surface area contributed by atoms with E-state index < -0.39 is 0 Å². The quantitative estimate of drug-likeness (QED) is 0.484. The van der Waals surface area contributed by atoms with E-state index in [0.29, 0.717) is 34.3 Å². The molecule has 1 saturated carbocycles. The number of pyridine rings is 1. The molecule has 1 aliphatic heterocycles. The molecule has 1 atom stereocenters. The first-order chi connectivity index (χ1) is 16.1. The molecular formula is C23H25N7O3. The standard InChI is InChI=1S/C23H25N7O3/c1-14-8-24-21-19(9-25-30(21)10-14)26-22(31)18-7-16-12-29(11-15-5-6-32-13-15)28-20(16)27-23(18)33-17-3-2-4-17/h7-10,12,15,17H,2-6,11,13H2,1H3,(H,26,31). The van der Waals surface area contributed by atoms with Crippen molar-refractivity contribution in [1.82, 2.24) is 29.4 Å². The first kappa shape index (κ1) is 20.1. The van der Waals surface area contributed by atoms with Gasteiger partial charge >= 0.3 is 0 Å². The van der Waals surface area contributed by atoms with Crippen LogP contribution >= 0.6 is 0 Å². The second-order valence-electron chi connectivity index (χ2n) is 8.92. The fraction of sp³-hybridized carbons (Fsp3) is 0.435. The van der Waals surface area contributed by atoms with Crippen molar-refractivity contribution in [1.29, 1.82) is 0 Å². The summed E-state index contributed by atoms with van der Waals surface area (Å²) >= 11 is 0. The summed E-state index contributed by atoms with van der Waals surface area (Å²) in [7, 11) is 0. The van der Waals surface area contributed by atoms with Crippen molar-refractivity contribution >= 4 is 28.3 Å². The summed E-state index contributed by atoms with van der Waals surface area (Å²) in [5.74, 6) is 0.451. The van der Waals surface area contributed by atoms with Crippen molar-refractivity contribution in [2.75, 3.05) is 18.5 Å². The topological polar surface area (TPSA) is 108 Å². The summed E-state index contributed by atoms with van der Waals surface area (Å²) < 4.78 is 15.1. The number of aryl methyl sites for hydroxylation is 1. The molecule has 1 saturated heterocycles. The minimum absolute atomic E-state index is 0.0841. The normalized spacial score (nSPS) is 18.6. The molecule has 2 fully saturated rings. The van der Waals surface area contributed by atoms with E-state index in [9.17, 15) is 4.79 Å². The zero-order valence-electron chi connectivity index (χ0n) is 18.4. The third-order valence-electron chi connectivity index (χ3n) is 6.29. The molecule has 1 amide bonds. The van der Waals surface area contributed by atoms with Crippen LogP contribution in [0.4, 0.5) is 5.69 Å².